The molecule has 0 aliphatic carbocycles. The number of aryl methyl sites for hydroxylation is 1. The summed E-state index contributed by atoms with van der Waals surface area (Å²) in [5.41, 5.74) is 6.52. The number of rotatable bonds is 7. The van der Waals surface area contributed by atoms with E-state index in [0.29, 0.717) is 24.4 Å². The van der Waals surface area contributed by atoms with Crippen LogP contribution in [0.5, 0.6) is 0 Å². The molecule has 0 saturated heterocycles. The number of carbonyl (C=O) groups is 1. The van der Waals surface area contributed by atoms with Crippen LogP contribution in [0.1, 0.15) is 39.9 Å². The van der Waals surface area contributed by atoms with E-state index in [9.17, 15) is 4.79 Å². The Hall–Kier alpha value is -4.00. The summed E-state index contributed by atoms with van der Waals surface area (Å²) in [5, 5.41) is 0. The summed E-state index contributed by atoms with van der Waals surface area (Å²) in [5.74, 6) is -0.360. The van der Waals surface area contributed by atoms with Gasteiger partial charge in [0.2, 0.25) is 0 Å². The van der Waals surface area contributed by atoms with Gasteiger partial charge in [0.1, 0.15) is 11.3 Å². The number of fused-ring (bicyclic) bond motifs is 1. The van der Waals surface area contributed by atoms with Crippen molar-refractivity contribution >= 4 is 23.8 Å². The molecule has 0 bridgehead atoms. The van der Waals surface area contributed by atoms with E-state index in [1.807, 2.05) is 23.6 Å². The maximum absolute atomic E-state index is 12.1. The molecule has 0 aliphatic heterocycles. The topological polar surface area (TPSA) is 74.3 Å². The van der Waals surface area contributed by atoms with Crippen LogP contribution in [0.4, 0.5) is 0 Å². The second kappa shape index (κ2) is 8.39. The number of ether oxygens (including phenoxy) is 1. The summed E-state index contributed by atoms with van der Waals surface area (Å²) >= 11 is 0. The SMILES string of the molecule is C=Cc1cc(-c2nc3cc(C(=O)OCC)ccn3c2C)n(Cc2cnccn2)c1C=C. The van der Waals surface area contributed by atoms with Crippen molar-refractivity contribution in [2.45, 2.75) is 20.4 Å². The fourth-order valence-electron chi connectivity index (χ4n) is 3.67. The second-order valence-electron chi connectivity index (χ2n) is 6.97. The highest BCUT2D eigenvalue weighted by molar-refractivity contribution is 5.90. The maximum atomic E-state index is 12.1. The monoisotopic (exact) mass is 413 g/mol. The van der Waals surface area contributed by atoms with Gasteiger partial charge < -0.3 is 13.7 Å². The lowest BCUT2D eigenvalue weighted by Gasteiger charge is -2.11. The standard InChI is InChI=1S/C24H23N5O2/c1-5-17-12-21(29(20(17)6-2)15-19-14-25-9-10-26-19)23-16(4)28-11-8-18(13-22(28)27-23)24(30)31-7-3/h5-6,8-14H,1-2,7,15H2,3-4H3. The normalized spacial score (nSPS) is 10.9. The summed E-state index contributed by atoms with van der Waals surface area (Å²) in [4.78, 5) is 25.6. The summed E-state index contributed by atoms with van der Waals surface area (Å²) in [6.45, 7) is 12.5. The molecular formula is C24H23N5O2. The first-order chi connectivity index (χ1) is 15.1. The van der Waals surface area contributed by atoms with Crippen molar-refractivity contribution in [1.82, 2.24) is 23.9 Å². The van der Waals surface area contributed by atoms with Gasteiger partial charge in [-0.1, -0.05) is 19.2 Å². The molecule has 0 aromatic carbocycles. The Labute approximate surface area is 180 Å². The average molecular weight is 413 g/mol. The van der Waals surface area contributed by atoms with Gasteiger partial charge in [-0.25, -0.2) is 9.78 Å². The van der Waals surface area contributed by atoms with Crippen LogP contribution in [-0.2, 0) is 11.3 Å². The molecule has 4 rings (SSSR count). The van der Waals surface area contributed by atoms with Crippen molar-refractivity contribution in [3.63, 3.8) is 0 Å². The minimum atomic E-state index is -0.360. The molecule has 0 fully saturated rings. The lowest BCUT2D eigenvalue weighted by molar-refractivity contribution is 0.0526. The Morgan fingerprint density at radius 2 is 2.06 bits per heavy atom. The highest BCUT2D eigenvalue weighted by Gasteiger charge is 2.20. The molecule has 156 valence electrons. The number of imidazole rings is 1. The van der Waals surface area contributed by atoms with Gasteiger partial charge in [-0.15, -0.1) is 0 Å². The minimum Gasteiger partial charge on any atom is -0.462 e. The summed E-state index contributed by atoms with van der Waals surface area (Å²) in [7, 11) is 0. The zero-order valence-electron chi connectivity index (χ0n) is 17.6. The third kappa shape index (κ3) is 3.66. The lowest BCUT2D eigenvalue weighted by atomic mass is 10.2. The predicted molar refractivity (Wildman–Crippen MR) is 121 cm³/mol. The Kier molecular flexibility index (Phi) is 5.49. The number of hydrogen-bond acceptors (Lipinski definition) is 5. The molecular weight excluding hydrogens is 390 g/mol. The first-order valence-corrected chi connectivity index (χ1v) is 9.96. The van der Waals surface area contributed by atoms with Gasteiger partial charge in [0.25, 0.3) is 0 Å². The Bertz CT molecular complexity index is 1280. The van der Waals surface area contributed by atoms with Gasteiger partial charge in [-0.2, -0.15) is 0 Å². The zero-order chi connectivity index (χ0) is 22.0. The van der Waals surface area contributed by atoms with Gasteiger partial charge in [-0.3, -0.25) is 9.97 Å². The van der Waals surface area contributed by atoms with E-state index in [-0.39, 0.29) is 5.97 Å². The van der Waals surface area contributed by atoms with Gasteiger partial charge in [-0.05, 0) is 43.7 Å². The molecule has 4 aromatic heterocycles. The quantitative estimate of drug-likeness (QED) is 0.420. The van der Waals surface area contributed by atoms with Crippen molar-refractivity contribution in [2.75, 3.05) is 6.61 Å². The Morgan fingerprint density at radius 3 is 2.74 bits per heavy atom. The van der Waals surface area contributed by atoms with Gasteiger partial charge >= 0.3 is 5.97 Å². The molecule has 7 nitrogen and oxygen atoms in total. The Balaban J connectivity index is 1.87. The van der Waals surface area contributed by atoms with Crippen molar-refractivity contribution in [3.05, 3.63) is 84.4 Å². The molecule has 4 aromatic rings. The molecule has 0 saturated carbocycles. The van der Waals surface area contributed by atoms with Crippen LogP contribution in [0.15, 0.2) is 56.1 Å². The fraction of sp³-hybridized carbons (Fsp3) is 0.167. The smallest absolute Gasteiger partial charge is 0.338 e. The number of aromatic nitrogens is 5. The minimum absolute atomic E-state index is 0.327. The van der Waals surface area contributed by atoms with Crippen LogP contribution >= 0.6 is 0 Å². The van der Waals surface area contributed by atoms with Crippen LogP contribution < -0.4 is 0 Å². The number of carbonyl (C=O) groups excluding carboxylic acids is 1. The van der Waals surface area contributed by atoms with Gasteiger partial charge in [0.05, 0.1) is 36.3 Å². The predicted octanol–water partition coefficient (Wildman–Crippen LogP) is 4.41. The van der Waals surface area contributed by atoms with Gasteiger partial charge in [0, 0.05) is 30.0 Å². The van der Waals surface area contributed by atoms with Crippen LogP contribution in [0, 0.1) is 6.92 Å². The van der Waals surface area contributed by atoms with E-state index >= 15 is 0 Å². The number of esters is 1. The summed E-state index contributed by atoms with van der Waals surface area (Å²) in [6.07, 6.45) is 10.5. The largest absolute Gasteiger partial charge is 0.462 e. The van der Waals surface area contributed by atoms with E-state index in [1.54, 1.807) is 49.8 Å². The first kappa shape index (κ1) is 20.3. The Morgan fingerprint density at radius 1 is 1.23 bits per heavy atom. The molecule has 0 spiro atoms. The number of pyridine rings is 1. The highest BCUT2D eigenvalue weighted by atomic mass is 16.5. The molecule has 0 radical (unpaired) electrons. The van der Waals surface area contributed by atoms with Crippen LogP contribution in [0.2, 0.25) is 0 Å². The molecule has 0 unspecified atom stereocenters. The number of nitrogens with zero attached hydrogens (tertiary/aromatic N) is 5. The number of hydrogen-bond donors (Lipinski definition) is 0. The third-order valence-electron chi connectivity index (χ3n) is 5.14. The van der Waals surface area contributed by atoms with E-state index in [2.05, 4.69) is 27.7 Å². The van der Waals surface area contributed by atoms with Crippen molar-refractivity contribution in [1.29, 1.82) is 0 Å². The first-order valence-electron chi connectivity index (χ1n) is 9.96. The molecule has 4 heterocycles. The van der Waals surface area contributed by atoms with Gasteiger partial charge in [0.15, 0.2) is 0 Å². The third-order valence-corrected chi connectivity index (χ3v) is 5.14. The maximum Gasteiger partial charge on any atom is 0.338 e. The van der Waals surface area contributed by atoms with Crippen LogP contribution in [0.25, 0.3) is 29.2 Å². The molecule has 0 aliphatic rings. The van der Waals surface area contributed by atoms with E-state index in [4.69, 9.17) is 9.72 Å². The van der Waals surface area contributed by atoms with Crippen molar-refractivity contribution < 1.29 is 9.53 Å². The molecule has 0 atom stereocenters. The average Bonchev–Trinajstić information content (AvgIpc) is 3.31. The fourth-order valence-corrected chi connectivity index (χ4v) is 3.67. The zero-order valence-corrected chi connectivity index (χ0v) is 17.6. The summed E-state index contributed by atoms with van der Waals surface area (Å²) < 4.78 is 9.18. The lowest BCUT2D eigenvalue weighted by Crippen LogP contribution is -2.06. The van der Waals surface area contributed by atoms with E-state index in [1.165, 1.54) is 0 Å². The van der Waals surface area contributed by atoms with E-state index < -0.39 is 0 Å². The van der Waals surface area contributed by atoms with Crippen LogP contribution in [0.3, 0.4) is 0 Å². The summed E-state index contributed by atoms with van der Waals surface area (Å²) in [6, 6.07) is 5.53. The van der Waals surface area contributed by atoms with Crippen molar-refractivity contribution in [3.8, 4) is 11.4 Å². The van der Waals surface area contributed by atoms with Crippen LogP contribution in [-0.4, -0.2) is 36.5 Å². The second-order valence-corrected chi connectivity index (χ2v) is 6.97. The molecule has 0 N–H and O–H groups in total. The van der Waals surface area contributed by atoms with E-state index in [0.717, 1.165) is 34.0 Å². The molecule has 31 heavy (non-hydrogen) atoms. The van der Waals surface area contributed by atoms with Crippen molar-refractivity contribution in [2.24, 2.45) is 0 Å². The molecule has 0 amide bonds. The highest BCUT2D eigenvalue weighted by Crippen LogP contribution is 2.31. The molecule has 7 heteroatoms.